The summed E-state index contributed by atoms with van der Waals surface area (Å²) in [7, 11) is 0. The molecule has 3 N–H and O–H groups in total. The number of carbonyl (C=O) groups excluding carboxylic acids is 1. The summed E-state index contributed by atoms with van der Waals surface area (Å²) >= 11 is 0. The van der Waals surface area contributed by atoms with E-state index in [1.807, 2.05) is 54.7 Å². The normalized spacial score (nSPS) is 10.7. The minimum absolute atomic E-state index is 0.403. The molecule has 2 aromatic heterocycles. The first-order valence-electron chi connectivity index (χ1n) is 8.26. The molecule has 0 radical (unpaired) electrons. The summed E-state index contributed by atoms with van der Waals surface area (Å²) in [6.45, 7) is 1.08. The maximum absolute atomic E-state index is 12.1. The van der Waals surface area contributed by atoms with Crippen molar-refractivity contribution in [3.63, 3.8) is 0 Å². The maximum atomic E-state index is 12.1. The number of benzene rings is 2. The highest BCUT2D eigenvalue weighted by atomic mass is 16.5. The zero-order valence-corrected chi connectivity index (χ0v) is 14.6. The molecule has 0 spiro atoms. The highest BCUT2D eigenvalue weighted by Crippen LogP contribution is 2.25. The first-order chi connectivity index (χ1) is 13.0. The smallest absolute Gasteiger partial charge is 0.336 e. The number of H-pyrrole nitrogens is 2. The van der Waals surface area contributed by atoms with Gasteiger partial charge in [0.25, 0.3) is 5.97 Å². The van der Waals surface area contributed by atoms with Crippen molar-refractivity contribution in [1.82, 2.24) is 9.97 Å². The molecule has 0 saturated heterocycles. The molecule has 6 nitrogen and oxygen atoms in total. The Morgan fingerprint density at radius 1 is 0.926 bits per heavy atom. The molecule has 2 aromatic carbocycles. The fraction of sp³-hybridized carbons (Fsp3) is 0.0476. The molecule has 2 heterocycles. The van der Waals surface area contributed by atoms with E-state index >= 15 is 0 Å². The van der Waals surface area contributed by atoms with E-state index in [-0.39, 0.29) is 0 Å². The molecule has 4 rings (SSSR count). The Bertz CT molecular complexity index is 1120. The van der Waals surface area contributed by atoms with Crippen LogP contribution in [0.1, 0.15) is 12.5 Å². The highest BCUT2D eigenvalue weighted by molar-refractivity contribution is 5.96. The summed E-state index contributed by atoms with van der Waals surface area (Å²) in [6.07, 6.45) is 6.77. The van der Waals surface area contributed by atoms with Gasteiger partial charge in [0.15, 0.2) is 5.75 Å². The van der Waals surface area contributed by atoms with Gasteiger partial charge in [-0.1, -0.05) is 30.3 Å². The van der Waals surface area contributed by atoms with E-state index in [1.165, 1.54) is 6.08 Å². The number of rotatable bonds is 3. The molecule has 0 aliphatic rings. The predicted molar refractivity (Wildman–Crippen MR) is 105 cm³/mol. The lowest BCUT2D eigenvalue weighted by Crippen LogP contribution is -2.02. The molecule has 0 amide bonds. The molecule has 27 heavy (non-hydrogen) atoms. The molecule has 4 aromatic rings. The third-order valence-corrected chi connectivity index (χ3v) is 3.78. The number of hydrogen-bond acceptors (Lipinski definition) is 3. The Kier molecular flexibility index (Phi) is 5.37. The Balaban J connectivity index is 0.000000481. The summed E-state index contributed by atoms with van der Waals surface area (Å²) < 4.78 is 5.41. The van der Waals surface area contributed by atoms with Crippen LogP contribution in [0.5, 0.6) is 5.75 Å². The van der Waals surface area contributed by atoms with Gasteiger partial charge in [-0.3, -0.25) is 4.79 Å². The van der Waals surface area contributed by atoms with Gasteiger partial charge in [-0.05, 0) is 24.3 Å². The van der Waals surface area contributed by atoms with Gasteiger partial charge in [-0.15, -0.1) is 0 Å². The number of carboxylic acid groups (broad SMARTS) is 1. The third kappa shape index (κ3) is 4.43. The van der Waals surface area contributed by atoms with Crippen LogP contribution in [-0.4, -0.2) is 27.0 Å². The van der Waals surface area contributed by atoms with Crippen LogP contribution in [0.3, 0.4) is 0 Å². The zero-order valence-electron chi connectivity index (χ0n) is 14.6. The van der Waals surface area contributed by atoms with Crippen LogP contribution in [0.15, 0.2) is 67.0 Å². The third-order valence-electron chi connectivity index (χ3n) is 3.78. The Morgan fingerprint density at radius 2 is 1.48 bits per heavy atom. The van der Waals surface area contributed by atoms with Crippen LogP contribution < -0.4 is 4.74 Å². The fourth-order valence-corrected chi connectivity index (χ4v) is 2.66. The highest BCUT2D eigenvalue weighted by Gasteiger charge is 2.07. The van der Waals surface area contributed by atoms with Crippen molar-refractivity contribution in [2.45, 2.75) is 6.92 Å². The first kappa shape index (κ1) is 18.0. The molecule has 0 saturated carbocycles. The minimum Gasteiger partial charge on any atom is -0.481 e. The summed E-state index contributed by atoms with van der Waals surface area (Å²) in [5.74, 6) is -0.700. The summed E-state index contributed by atoms with van der Waals surface area (Å²) in [5, 5.41) is 9.38. The van der Waals surface area contributed by atoms with Crippen LogP contribution in [0, 0.1) is 0 Å². The summed E-state index contributed by atoms with van der Waals surface area (Å²) in [4.78, 5) is 27.3. The minimum atomic E-state index is -0.833. The maximum Gasteiger partial charge on any atom is 0.336 e. The monoisotopic (exact) mass is 362 g/mol. The van der Waals surface area contributed by atoms with Crippen molar-refractivity contribution in [3.8, 4) is 5.75 Å². The largest absolute Gasteiger partial charge is 0.481 e. The number of para-hydroxylation sites is 2. The van der Waals surface area contributed by atoms with Gasteiger partial charge in [-0.25, -0.2) is 4.79 Å². The van der Waals surface area contributed by atoms with Crippen molar-refractivity contribution in [2.75, 3.05) is 0 Å². The molecule has 0 fully saturated rings. The quantitative estimate of drug-likeness (QED) is 0.373. The molecular formula is C21H18N2O4. The summed E-state index contributed by atoms with van der Waals surface area (Å²) in [6, 6.07) is 15.6. The number of aliphatic carboxylic acids is 1. The second kappa shape index (κ2) is 8.05. The second-order valence-electron chi connectivity index (χ2n) is 5.76. The number of fused-ring (bicyclic) bond motifs is 2. The Morgan fingerprint density at radius 3 is 2.19 bits per heavy atom. The fourth-order valence-electron chi connectivity index (χ4n) is 2.66. The lowest BCUT2D eigenvalue weighted by molar-refractivity contribution is -0.134. The van der Waals surface area contributed by atoms with Crippen LogP contribution >= 0.6 is 0 Å². The van der Waals surface area contributed by atoms with E-state index in [0.717, 1.165) is 34.3 Å². The van der Waals surface area contributed by atoms with E-state index < -0.39 is 11.9 Å². The standard InChI is InChI=1S/C19H14N2O2.C2H4O2/c22-19(23-18-12-21-17-8-4-2-6-15(17)18)10-9-13-11-20-16-7-3-1-5-14(13)16;1-2(3)4/h1-12,20-21H;1H3,(H,3,4). The van der Waals surface area contributed by atoms with Crippen molar-refractivity contribution < 1.29 is 19.4 Å². The van der Waals surface area contributed by atoms with E-state index in [2.05, 4.69) is 9.97 Å². The van der Waals surface area contributed by atoms with Crippen LogP contribution in [-0.2, 0) is 9.59 Å². The molecule has 0 atom stereocenters. The number of nitrogens with one attached hydrogen (secondary N) is 2. The Labute approximate surface area is 155 Å². The van der Waals surface area contributed by atoms with Gasteiger partial charge in [-0.2, -0.15) is 0 Å². The van der Waals surface area contributed by atoms with Crippen LogP contribution in [0.2, 0.25) is 0 Å². The van der Waals surface area contributed by atoms with Crippen LogP contribution in [0.25, 0.3) is 27.9 Å². The van der Waals surface area contributed by atoms with Crippen molar-refractivity contribution >= 4 is 39.8 Å². The summed E-state index contributed by atoms with van der Waals surface area (Å²) in [5.41, 5.74) is 2.93. The van der Waals surface area contributed by atoms with Crippen molar-refractivity contribution in [1.29, 1.82) is 0 Å². The van der Waals surface area contributed by atoms with E-state index in [9.17, 15) is 4.79 Å². The molecule has 0 aliphatic carbocycles. The first-order valence-corrected chi connectivity index (χ1v) is 8.26. The van der Waals surface area contributed by atoms with Gasteiger partial charge >= 0.3 is 5.97 Å². The lowest BCUT2D eigenvalue weighted by atomic mass is 10.1. The topological polar surface area (TPSA) is 95.2 Å². The average molecular weight is 362 g/mol. The molecule has 6 heteroatoms. The number of carboxylic acids is 1. The van der Waals surface area contributed by atoms with E-state index in [4.69, 9.17) is 14.6 Å². The van der Waals surface area contributed by atoms with Crippen molar-refractivity contribution in [2.24, 2.45) is 0 Å². The molecular weight excluding hydrogens is 344 g/mol. The SMILES string of the molecule is CC(=O)O.O=C(C=Cc1c[nH]c2ccccc12)Oc1c[nH]c2ccccc12. The number of aromatic amines is 2. The van der Waals surface area contributed by atoms with Gasteiger partial charge in [0.1, 0.15) is 0 Å². The molecule has 136 valence electrons. The number of carbonyl (C=O) groups is 2. The van der Waals surface area contributed by atoms with E-state index in [0.29, 0.717) is 5.75 Å². The number of aromatic nitrogens is 2. The second-order valence-corrected chi connectivity index (χ2v) is 5.76. The number of ether oxygens (including phenoxy) is 1. The van der Waals surface area contributed by atoms with Gasteiger partial charge in [0.2, 0.25) is 0 Å². The Hall–Kier alpha value is -3.80. The predicted octanol–water partition coefficient (Wildman–Crippen LogP) is 4.36. The molecule has 0 bridgehead atoms. The van der Waals surface area contributed by atoms with Gasteiger partial charge in [0, 0.05) is 52.8 Å². The average Bonchev–Trinajstić information content (AvgIpc) is 3.24. The van der Waals surface area contributed by atoms with Gasteiger partial charge < -0.3 is 19.8 Å². The zero-order chi connectivity index (χ0) is 19.2. The number of esters is 1. The molecule has 0 aliphatic heterocycles. The van der Waals surface area contributed by atoms with Crippen LogP contribution in [0.4, 0.5) is 0 Å². The van der Waals surface area contributed by atoms with E-state index in [1.54, 1.807) is 12.3 Å². The number of hydrogen-bond donors (Lipinski definition) is 3. The molecule has 0 unspecified atom stereocenters. The lowest BCUT2D eigenvalue weighted by Gasteiger charge is -1.98. The van der Waals surface area contributed by atoms with Crippen molar-refractivity contribution in [3.05, 3.63) is 72.6 Å². The van der Waals surface area contributed by atoms with Gasteiger partial charge in [0.05, 0.1) is 0 Å².